The van der Waals surface area contributed by atoms with E-state index in [0.29, 0.717) is 10.5 Å². The summed E-state index contributed by atoms with van der Waals surface area (Å²) >= 11 is 3.24. The van der Waals surface area contributed by atoms with E-state index in [-0.39, 0.29) is 5.69 Å². The second-order valence-electron chi connectivity index (χ2n) is 4.86. The molecule has 0 aliphatic carbocycles. The van der Waals surface area contributed by atoms with Crippen LogP contribution in [0.5, 0.6) is 0 Å². The van der Waals surface area contributed by atoms with Gasteiger partial charge < -0.3 is 5.32 Å². The van der Waals surface area contributed by atoms with Gasteiger partial charge >= 0.3 is 0 Å². The van der Waals surface area contributed by atoms with Crippen molar-refractivity contribution in [2.24, 2.45) is 0 Å². The van der Waals surface area contributed by atoms with Gasteiger partial charge in [-0.1, -0.05) is 37.3 Å². The molecule has 0 radical (unpaired) electrons. The van der Waals surface area contributed by atoms with Crippen molar-refractivity contribution in [3.05, 3.63) is 68.7 Å². The van der Waals surface area contributed by atoms with Crippen molar-refractivity contribution in [2.75, 3.05) is 5.32 Å². The van der Waals surface area contributed by atoms with E-state index in [1.54, 1.807) is 12.1 Å². The number of hydrogen-bond acceptors (Lipinski definition) is 3. The Balaban J connectivity index is 2.08. The molecular formula is C16H17BrN2O2. The van der Waals surface area contributed by atoms with Gasteiger partial charge in [0, 0.05) is 17.8 Å². The molecule has 5 heteroatoms. The maximum absolute atomic E-state index is 10.8. The van der Waals surface area contributed by atoms with Crippen molar-refractivity contribution in [1.82, 2.24) is 0 Å². The third kappa shape index (κ3) is 4.29. The summed E-state index contributed by atoms with van der Waals surface area (Å²) < 4.78 is 0.493. The van der Waals surface area contributed by atoms with Crippen LogP contribution in [0.3, 0.4) is 0 Å². The molecule has 0 aliphatic heterocycles. The molecule has 1 unspecified atom stereocenters. The highest BCUT2D eigenvalue weighted by Gasteiger charge is 2.13. The molecule has 1 N–H and O–H groups in total. The molecule has 0 saturated carbocycles. The van der Waals surface area contributed by atoms with Crippen molar-refractivity contribution >= 4 is 27.3 Å². The van der Waals surface area contributed by atoms with Gasteiger partial charge in [0.1, 0.15) is 0 Å². The van der Waals surface area contributed by atoms with Crippen LogP contribution >= 0.6 is 15.9 Å². The zero-order chi connectivity index (χ0) is 15.2. The van der Waals surface area contributed by atoms with Crippen LogP contribution in [0.2, 0.25) is 0 Å². The van der Waals surface area contributed by atoms with Crippen molar-refractivity contribution in [2.45, 2.75) is 25.8 Å². The van der Waals surface area contributed by atoms with Crippen molar-refractivity contribution in [3.8, 4) is 0 Å². The normalized spacial score (nSPS) is 11.9. The molecule has 2 aromatic carbocycles. The van der Waals surface area contributed by atoms with Gasteiger partial charge in [0.15, 0.2) is 0 Å². The molecule has 0 fully saturated rings. The molecule has 21 heavy (non-hydrogen) atoms. The van der Waals surface area contributed by atoms with Gasteiger partial charge in [0.2, 0.25) is 0 Å². The molecule has 2 rings (SSSR count). The van der Waals surface area contributed by atoms with Crippen LogP contribution in [0.25, 0.3) is 0 Å². The third-order valence-electron chi connectivity index (χ3n) is 3.33. The highest BCUT2D eigenvalue weighted by atomic mass is 79.9. The van der Waals surface area contributed by atoms with Crippen LogP contribution in [0.4, 0.5) is 11.4 Å². The summed E-state index contributed by atoms with van der Waals surface area (Å²) in [5, 5.41) is 14.2. The molecule has 0 aliphatic rings. The zero-order valence-electron chi connectivity index (χ0n) is 11.8. The minimum atomic E-state index is -0.394. The number of halogens is 1. The predicted octanol–water partition coefficient (Wildman–Crippen LogP) is 4.79. The first kappa shape index (κ1) is 15.5. The van der Waals surface area contributed by atoms with E-state index in [9.17, 15) is 10.1 Å². The molecule has 0 aromatic heterocycles. The fourth-order valence-electron chi connectivity index (χ4n) is 2.18. The third-order valence-corrected chi connectivity index (χ3v) is 3.97. The summed E-state index contributed by atoms with van der Waals surface area (Å²) in [5.41, 5.74) is 2.24. The number of benzene rings is 2. The van der Waals surface area contributed by atoms with Gasteiger partial charge in [-0.15, -0.1) is 0 Å². The van der Waals surface area contributed by atoms with E-state index in [1.165, 1.54) is 11.6 Å². The van der Waals surface area contributed by atoms with Crippen LogP contribution in [0.1, 0.15) is 18.9 Å². The lowest BCUT2D eigenvalue weighted by Crippen LogP contribution is -2.21. The summed E-state index contributed by atoms with van der Waals surface area (Å²) in [5.74, 6) is 0. The Morgan fingerprint density at radius 2 is 1.95 bits per heavy atom. The zero-order valence-corrected chi connectivity index (χ0v) is 13.3. The monoisotopic (exact) mass is 348 g/mol. The number of nitro benzene ring substituents is 1. The highest BCUT2D eigenvalue weighted by molar-refractivity contribution is 9.10. The summed E-state index contributed by atoms with van der Waals surface area (Å²) in [6.07, 6.45) is 1.90. The van der Waals surface area contributed by atoms with E-state index in [0.717, 1.165) is 18.5 Å². The molecule has 0 bridgehead atoms. The Morgan fingerprint density at radius 3 is 2.52 bits per heavy atom. The van der Waals surface area contributed by atoms with Crippen molar-refractivity contribution < 1.29 is 4.92 Å². The molecule has 0 saturated heterocycles. The molecule has 1 atom stereocenters. The molecule has 110 valence electrons. The molecule has 0 spiro atoms. The first-order chi connectivity index (χ1) is 10.1. The standard InChI is InChI=1S/C16H17BrN2O2/c1-2-13(10-12-6-4-3-5-7-12)18-14-8-9-16(19(20)21)15(17)11-14/h3-9,11,13,18H,2,10H2,1H3. The number of nitrogens with zero attached hydrogens (tertiary/aromatic N) is 1. The number of rotatable bonds is 6. The van der Waals surface area contributed by atoms with Gasteiger partial charge in [0.25, 0.3) is 5.69 Å². The number of anilines is 1. The minimum absolute atomic E-state index is 0.0802. The molecular weight excluding hydrogens is 332 g/mol. The van der Waals surface area contributed by atoms with Crippen molar-refractivity contribution in [3.63, 3.8) is 0 Å². The lowest BCUT2D eigenvalue weighted by molar-refractivity contribution is -0.385. The Kier molecular flexibility index (Phi) is 5.33. The van der Waals surface area contributed by atoms with Crippen LogP contribution < -0.4 is 5.32 Å². The smallest absolute Gasteiger partial charge is 0.283 e. The van der Waals surface area contributed by atoms with Gasteiger partial charge in [0.05, 0.1) is 9.40 Å². The largest absolute Gasteiger partial charge is 0.382 e. The highest BCUT2D eigenvalue weighted by Crippen LogP contribution is 2.28. The van der Waals surface area contributed by atoms with E-state index in [2.05, 4.69) is 40.3 Å². The van der Waals surface area contributed by atoms with Gasteiger partial charge in [-0.25, -0.2) is 0 Å². The average Bonchev–Trinajstić information content (AvgIpc) is 2.47. The summed E-state index contributed by atoms with van der Waals surface area (Å²) in [4.78, 5) is 10.4. The summed E-state index contributed by atoms with van der Waals surface area (Å²) in [7, 11) is 0. The number of nitrogens with one attached hydrogen (secondary N) is 1. The Hall–Kier alpha value is -1.88. The Morgan fingerprint density at radius 1 is 1.24 bits per heavy atom. The van der Waals surface area contributed by atoms with Crippen LogP contribution in [0.15, 0.2) is 53.0 Å². The fraction of sp³-hybridized carbons (Fsp3) is 0.250. The second-order valence-corrected chi connectivity index (χ2v) is 5.72. The molecule has 0 amide bonds. The van der Waals surface area contributed by atoms with Crippen molar-refractivity contribution in [1.29, 1.82) is 0 Å². The predicted molar refractivity (Wildman–Crippen MR) is 88.6 cm³/mol. The summed E-state index contributed by atoms with van der Waals surface area (Å²) in [6.45, 7) is 2.13. The second kappa shape index (κ2) is 7.22. The fourth-order valence-corrected chi connectivity index (χ4v) is 2.70. The van der Waals surface area contributed by atoms with Crippen LogP contribution in [-0.2, 0) is 6.42 Å². The van der Waals surface area contributed by atoms with E-state index in [1.807, 2.05) is 18.2 Å². The topological polar surface area (TPSA) is 55.2 Å². The maximum atomic E-state index is 10.8. The lowest BCUT2D eigenvalue weighted by Gasteiger charge is -2.18. The Bertz CT molecular complexity index is 617. The van der Waals surface area contributed by atoms with Crippen LogP contribution in [-0.4, -0.2) is 11.0 Å². The SMILES string of the molecule is CCC(Cc1ccccc1)Nc1ccc([N+](=O)[O-])c(Br)c1. The number of nitro groups is 1. The van der Waals surface area contributed by atoms with Gasteiger partial charge in [-0.05, 0) is 46.5 Å². The van der Waals surface area contributed by atoms with Gasteiger partial charge in [-0.2, -0.15) is 0 Å². The molecule has 4 nitrogen and oxygen atoms in total. The first-order valence-corrected chi connectivity index (χ1v) is 7.64. The van der Waals surface area contributed by atoms with E-state index >= 15 is 0 Å². The Labute approximate surface area is 132 Å². The van der Waals surface area contributed by atoms with E-state index < -0.39 is 4.92 Å². The lowest BCUT2D eigenvalue weighted by atomic mass is 10.0. The molecule has 0 heterocycles. The first-order valence-electron chi connectivity index (χ1n) is 6.84. The average molecular weight is 349 g/mol. The number of hydrogen-bond donors (Lipinski definition) is 1. The molecule has 2 aromatic rings. The minimum Gasteiger partial charge on any atom is -0.382 e. The quantitative estimate of drug-likeness (QED) is 0.603. The summed E-state index contributed by atoms with van der Waals surface area (Å²) in [6, 6.07) is 15.6. The van der Waals surface area contributed by atoms with Crippen LogP contribution in [0, 0.1) is 10.1 Å². The van der Waals surface area contributed by atoms with E-state index in [4.69, 9.17) is 0 Å². The van der Waals surface area contributed by atoms with Gasteiger partial charge in [-0.3, -0.25) is 10.1 Å². The maximum Gasteiger partial charge on any atom is 0.283 e.